The molecule has 2 aromatic carbocycles. The van der Waals surface area contributed by atoms with E-state index in [1.807, 2.05) is 36.4 Å². The van der Waals surface area contributed by atoms with E-state index in [1.165, 1.54) is 4.57 Å². The zero-order valence-electron chi connectivity index (χ0n) is 18.9. The van der Waals surface area contributed by atoms with E-state index in [2.05, 4.69) is 17.1 Å². The van der Waals surface area contributed by atoms with Crippen LogP contribution in [-0.2, 0) is 28.1 Å². The molecular formula is C24H27N4O5S+. The molecule has 4 rings (SSSR count). The second kappa shape index (κ2) is 9.08. The largest absolute Gasteiger partial charge is 0.419 e. The summed E-state index contributed by atoms with van der Waals surface area (Å²) in [6, 6.07) is 14.5. The standard InChI is InChI=1S/C24H26N4O5S/c1-28-20-12-18(7-8-21(20)33-23(28)30)17-5-3-16(4-6-17)11-19(14-25)27-22(29)13-24(26)9-2-10-34(31,32)15-24/h3-8,12,19H,2,9-11,13,15,26H2,1H3,(H,27,29)/p+1. The lowest BCUT2D eigenvalue weighted by atomic mass is 9.92. The van der Waals surface area contributed by atoms with Crippen molar-refractivity contribution in [3.05, 3.63) is 58.6 Å². The predicted molar refractivity (Wildman–Crippen MR) is 126 cm³/mol. The second-order valence-electron chi connectivity index (χ2n) is 9.13. The minimum absolute atomic E-state index is 0.0255. The SMILES string of the molecule is Cn1c(=O)oc2ccc(-c3ccc(CC(C#N)NC(=O)CC4([NH3+])CCCS(=O)(=O)C4)cc3)cc21. The minimum atomic E-state index is -3.19. The summed E-state index contributed by atoms with van der Waals surface area (Å²) in [5, 5.41) is 12.2. The molecule has 2 atom stereocenters. The Balaban J connectivity index is 1.41. The average molecular weight is 484 g/mol. The molecule has 0 radical (unpaired) electrons. The summed E-state index contributed by atoms with van der Waals surface area (Å²) < 4.78 is 30.5. The zero-order valence-corrected chi connectivity index (χ0v) is 19.7. The highest BCUT2D eigenvalue weighted by molar-refractivity contribution is 7.91. The number of quaternary nitrogens is 1. The number of nitriles is 1. The van der Waals surface area contributed by atoms with Crippen molar-refractivity contribution in [2.75, 3.05) is 11.5 Å². The number of hydrogen-bond acceptors (Lipinski definition) is 6. The van der Waals surface area contributed by atoms with Crippen LogP contribution in [0.1, 0.15) is 24.8 Å². The van der Waals surface area contributed by atoms with E-state index < -0.39 is 27.2 Å². The molecule has 1 amide bonds. The van der Waals surface area contributed by atoms with Gasteiger partial charge in [-0.25, -0.2) is 13.2 Å². The van der Waals surface area contributed by atoms with Crippen LogP contribution < -0.4 is 16.8 Å². The number of nitrogens with zero attached hydrogens (tertiary/aromatic N) is 2. The first-order valence-electron chi connectivity index (χ1n) is 11.0. The Morgan fingerprint density at radius 3 is 2.65 bits per heavy atom. The number of benzene rings is 2. The molecule has 10 heteroatoms. The number of rotatable bonds is 6. The summed E-state index contributed by atoms with van der Waals surface area (Å²) in [4.78, 5) is 24.2. The van der Waals surface area contributed by atoms with Gasteiger partial charge in [0, 0.05) is 19.9 Å². The Hall–Kier alpha value is -3.42. The Morgan fingerprint density at radius 1 is 1.26 bits per heavy atom. The van der Waals surface area contributed by atoms with Gasteiger partial charge in [-0.05, 0) is 35.2 Å². The first-order chi connectivity index (χ1) is 16.1. The number of fused-ring (bicyclic) bond motifs is 1. The molecule has 9 nitrogen and oxygen atoms in total. The number of hydrogen-bond donors (Lipinski definition) is 2. The molecule has 0 bridgehead atoms. The fourth-order valence-corrected chi connectivity index (χ4v) is 6.42. The highest BCUT2D eigenvalue weighted by atomic mass is 32.2. The summed E-state index contributed by atoms with van der Waals surface area (Å²) in [7, 11) is -1.53. The lowest BCUT2D eigenvalue weighted by Gasteiger charge is -2.29. The van der Waals surface area contributed by atoms with Gasteiger partial charge in [-0.1, -0.05) is 30.3 Å². The van der Waals surface area contributed by atoms with E-state index in [9.17, 15) is 23.3 Å². The highest BCUT2D eigenvalue weighted by Gasteiger charge is 2.41. The monoisotopic (exact) mass is 483 g/mol. The number of aromatic nitrogens is 1. The lowest BCUT2D eigenvalue weighted by molar-refractivity contribution is -0.471. The predicted octanol–water partition coefficient (Wildman–Crippen LogP) is 0.929. The Labute approximate surface area is 197 Å². The van der Waals surface area contributed by atoms with Crippen LogP contribution in [0, 0.1) is 11.3 Å². The first kappa shape index (κ1) is 23.7. The molecule has 0 aliphatic carbocycles. The number of carbonyl (C=O) groups excluding carboxylic acids is 1. The second-order valence-corrected chi connectivity index (χ2v) is 11.3. The van der Waals surface area contributed by atoms with Crippen LogP contribution in [0.4, 0.5) is 0 Å². The van der Waals surface area contributed by atoms with Crippen molar-refractivity contribution in [3.63, 3.8) is 0 Å². The minimum Gasteiger partial charge on any atom is -0.408 e. The van der Waals surface area contributed by atoms with E-state index >= 15 is 0 Å². The fraction of sp³-hybridized carbons (Fsp3) is 0.375. The Bertz CT molecular complexity index is 1430. The van der Waals surface area contributed by atoms with Crippen molar-refractivity contribution < 1.29 is 23.4 Å². The van der Waals surface area contributed by atoms with Gasteiger partial charge in [0.1, 0.15) is 17.3 Å². The molecule has 1 fully saturated rings. The third kappa shape index (κ3) is 5.21. The van der Waals surface area contributed by atoms with Crippen LogP contribution in [0.3, 0.4) is 0 Å². The number of aryl methyl sites for hydroxylation is 1. The zero-order chi connectivity index (χ0) is 24.5. The van der Waals surface area contributed by atoms with Crippen molar-refractivity contribution in [2.45, 2.75) is 37.3 Å². The number of sulfone groups is 1. The van der Waals surface area contributed by atoms with Crippen LogP contribution in [-0.4, -0.2) is 42.0 Å². The van der Waals surface area contributed by atoms with Crippen molar-refractivity contribution in [1.82, 2.24) is 9.88 Å². The van der Waals surface area contributed by atoms with Crippen LogP contribution in [0.15, 0.2) is 51.7 Å². The summed E-state index contributed by atoms with van der Waals surface area (Å²) in [6.45, 7) is 0. The molecule has 0 spiro atoms. The normalized spacial score (nSPS) is 20.5. The molecule has 3 aromatic rings. The molecule has 4 N–H and O–H groups in total. The molecule has 2 unspecified atom stereocenters. The molecule has 1 aliphatic heterocycles. The topological polar surface area (TPSA) is 150 Å². The number of amides is 1. The van der Waals surface area contributed by atoms with Gasteiger partial charge in [-0.15, -0.1) is 0 Å². The fourth-order valence-electron chi connectivity index (χ4n) is 4.51. The number of nitrogens with one attached hydrogen (secondary N) is 1. The molecule has 178 valence electrons. The van der Waals surface area contributed by atoms with Gasteiger partial charge in [0.05, 0.1) is 23.8 Å². The van der Waals surface area contributed by atoms with Gasteiger partial charge in [-0.2, -0.15) is 5.26 Å². The van der Waals surface area contributed by atoms with Crippen molar-refractivity contribution in [1.29, 1.82) is 5.26 Å². The van der Waals surface area contributed by atoms with Gasteiger partial charge in [0.2, 0.25) is 5.91 Å². The average Bonchev–Trinajstić information content (AvgIpc) is 3.05. The molecule has 0 saturated carbocycles. The van der Waals surface area contributed by atoms with Gasteiger partial charge >= 0.3 is 5.76 Å². The smallest absolute Gasteiger partial charge is 0.408 e. The molecule has 2 heterocycles. The Morgan fingerprint density at radius 2 is 1.97 bits per heavy atom. The van der Waals surface area contributed by atoms with Crippen LogP contribution in [0.25, 0.3) is 22.2 Å². The van der Waals surface area contributed by atoms with Gasteiger partial charge in [0.15, 0.2) is 15.4 Å². The molecular weight excluding hydrogens is 456 g/mol. The maximum Gasteiger partial charge on any atom is 0.419 e. The Kier molecular flexibility index (Phi) is 6.34. The van der Waals surface area contributed by atoms with Gasteiger partial charge in [0.25, 0.3) is 0 Å². The summed E-state index contributed by atoms with van der Waals surface area (Å²) in [5.74, 6) is -0.752. The van der Waals surface area contributed by atoms with Crippen molar-refractivity contribution in [3.8, 4) is 17.2 Å². The molecule has 1 aliphatic rings. The van der Waals surface area contributed by atoms with Crippen LogP contribution >= 0.6 is 0 Å². The van der Waals surface area contributed by atoms with Crippen molar-refractivity contribution >= 4 is 26.8 Å². The number of oxazole rings is 1. The number of carbonyl (C=O) groups is 1. The third-order valence-electron chi connectivity index (χ3n) is 6.23. The van der Waals surface area contributed by atoms with Crippen molar-refractivity contribution in [2.24, 2.45) is 7.05 Å². The van der Waals surface area contributed by atoms with E-state index in [4.69, 9.17) is 4.42 Å². The van der Waals surface area contributed by atoms with Crippen LogP contribution in [0.5, 0.6) is 0 Å². The summed E-state index contributed by atoms with van der Waals surface area (Å²) in [5.41, 5.74) is 7.11. The molecule has 34 heavy (non-hydrogen) atoms. The summed E-state index contributed by atoms with van der Waals surface area (Å²) >= 11 is 0. The highest BCUT2D eigenvalue weighted by Crippen LogP contribution is 2.25. The van der Waals surface area contributed by atoms with E-state index in [1.54, 1.807) is 13.1 Å². The maximum atomic E-state index is 12.5. The van der Waals surface area contributed by atoms with Crippen LogP contribution in [0.2, 0.25) is 0 Å². The molecule has 1 saturated heterocycles. The first-order valence-corrected chi connectivity index (χ1v) is 12.8. The lowest BCUT2D eigenvalue weighted by Crippen LogP contribution is -2.77. The third-order valence-corrected chi connectivity index (χ3v) is 8.20. The van der Waals surface area contributed by atoms with E-state index in [0.29, 0.717) is 30.4 Å². The maximum absolute atomic E-state index is 12.5. The van der Waals surface area contributed by atoms with E-state index in [0.717, 1.165) is 16.7 Å². The molecule has 1 aromatic heterocycles. The van der Waals surface area contributed by atoms with E-state index in [-0.39, 0.29) is 23.8 Å². The quantitative estimate of drug-likeness (QED) is 0.532. The van der Waals surface area contributed by atoms with Gasteiger partial charge < -0.3 is 15.5 Å². The van der Waals surface area contributed by atoms with Gasteiger partial charge in [-0.3, -0.25) is 9.36 Å². The summed E-state index contributed by atoms with van der Waals surface area (Å²) in [6.07, 6.45) is 1.36.